The van der Waals surface area contributed by atoms with Gasteiger partial charge in [-0.25, -0.2) is 0 Å². The van der Waals surface area contributed by atoms with Crippen LogP contribution in [0.2, 0.25) is 0 Å². The van der Waals surface area contributed by atoms with E-state index in [1.165, 1.54) is 18.4 Å². The van der Waals surface area contributed by atoms with Crippen LogP contribution in [-0.4, -0.2) is 29.8 Å². The van der Waals surface area contributed by atoms with Crippen molar-refractivity contribution in [3.63, 3.8) is 0 Å². The van der Waals surface area contributed by atoms with Crippen LogP contribution in [0.1, 0.15) is 31.7 Å². The van der Waals surface area contributed by atoms with Crippen LogP contribution < -0.4 is 5.32 Å². The molecule has 6 heteroatoms. The summed E-state index contributed by atoms with van der Waals surface area (Å²) in [5.74, 6) is -0.234. The quantitative estimate of drug-likeness (QED) is 0.825. The lowest BCUT2D eigenvalue weighted by molar-refractivity contribution is 0.0916. The van der Waals surface area contributed by atoms with E-state index in [4.69, 9.17) is 17.0 Å². The van der Waals surface area contributed by atoms with Gasteiger partial charge in [-0.2, -0.15) is 0 Å². The maximum absolute atomic E-state index is 12.4. The Morgan fingerprint density at radius 2 is 2.09 bits per heavy atom. The number of carbonyl (C=O) groups excluding carboxylic acids is 1. The Labute approximate surface area is 138 Å². The summed E-state index contributed by atoms with van der Waals surface area (Å²) in [5, 5.41) is 12.7. The molecular weight excluding hydrogens is 318 g/mol. The minimum atomic E-state index is -0.439. The third-order valence-electron chi connectivity index (χ3n) is 3.24. The highest BCUT2D eigenvalue weighted by atomic mass is 32.1. The van der Waals surface area contributed by atoms with Crippen LogP contribution in [0.25, 0.3) is 0 Å². The number of aliphatic hydroxyl groups is 1. The zero-order valence-electron chi connectivity index (χ0n) is 12.3. The van der Waals surface area contributed by atoms with Crippen molar-refractivity contribution in [2.75, 3.05) is 13.7 Å². The van der Waals surface area contributed by atoms with Gasteiger partial charge in [-0.15, -0.1) is 11.3 Å². The van der Waals surface area contributed by atoms with E-state index in [0.717, 1.165) is 15.3 Å². The van der Waals surface area contributed by atoms with E-state index in [1.54, 1.807) is 6.07 Å². The number of aryl methyl sites for hydroxylation is 1. The molecule has 0 saturated heterocycles. The Kier molecular flexibility index (Phi) is 5.65. The fraction of sp³-hybridized carbons (Fsp3) is 0.250. The molecule has 0 radical (unpaired) electrons. The van der Waals surface area contributed by atoms with Gasteiger partial charge in [0.1, 0.15) is 0 Å². The Hall–Kier alpha value is -1.76. The first-order chi connectivity index (χ1) is 10.6. The molecule has 1 atom stereocenters. The normalized spacial score (nSPS) is 11.8. The van der Waals surface area contributed by atoms with Crippen LogP contribution >= 0.6 is 23.6 Å². The summed E-state index contributed by atoms with van der Waals surface area (Å²) in [4.78, 5) is 14.0. The molecule has 1 heterocycles. The number of hydrogen-bond donors (Lipinski definition) is 2. The predicted molar refractivity (Wildman–Crippen MR) is 91.5 cm³/mol. The van der Waals surface area contributed by atoms with Crippen molar-refractivity contribution >= 4 is 34.5 Å². The number of rotatable bonds is 5. The van der Waals surface area contributed by atoms with Crippen LogP contribution in [0.3, 0.4) is 0 Å². The number of ether oxygens (including phenoxy) is 1. The lowest BCUT2D eigenvalue weighted by Crippen LogP contribution is -2.30. The minimum Gasteiger partial charge on any atom is -0.486 e. The highest BCUT2D eigenvalue weighted by Crippen LogP contribution is 2.23. The highest BCUT2D eigenvalue weighted by molar-refractivity contribution is 7.80. The van der Waals surface area contributed by atoms with E-state index in [1.807, 2.05) is 37.3 Å². The smallest absolute Gasteiger partial charge is 0.252 e. The second-order valence-corrected chi connectivity index (χ2v) is 6.32. The number of thiocarbonyl (C=S) groups is 1. The first-order valence-electron chi connectivity index (χ1n) is 6.72. The second kappa shape index (κ2) is 7.49. The van der Waals surface area contributed by atoms with Gasteiger partial charge >= 0.3 is 0 Å². The Morgan fingerprint density at radius 1 is 1.41 bits per heavy atom. The van der Waals surface area contributed by atoms with Gasteiger partial charge in [-0.3, -0.25) is 4.79 Å². The zero-order chi connectivity index (χ0) is 16.1. The van der Waals surface area contributed by atoms with E-state index in [9.17, 15) is 9.90 Å². The first-order valence-corrected chi connectivity index (χ1v) is 7.94. The molecule has 1 unspecified atom stereocenters. The first kappa shape index (κ1) is 16.6. The summed E-state index contributed by atoms with van der Waals surface area (Å²) in [6.07, 6.45) is 0. The summed E-state index contributed by atoms with van der Waals surface area (Å²) in [6, 6.07) is 10.7. The number of hydrogen-bond acceptors (Lipinski definition) is 5. The van der Waals surface area contributed by atoms with Crippen LogP contribution in [0.15, 0.2) is 36.4 Å². The Balaban J connectivity index is 2.18. The van der Waals surface area contributed by atoms with E-state index < -0.39 is 6.04 Å². The molecule has 0 fully saturated rings. The fourth-order valence-electron chi connectivity index (χ4n) is 2.06. The van der Waals surface area contributed by atoms with Crippen molar-refractivity contribution < 1.29 is 14.6 Å². The molecule has 1 amide bonds. The molecule has 0 bridgehead atoms. The minimum absolute atomic E-state index is 0.164. The number of amides is 1. The standard InChI is InChI=1S/C16H17NO3S2/c1-10-12(8-14(22-10)16(21)20-2)15(19)17-13(9-18)11-6-4-3-5-7-11/h3-8,13,18H,9H2,1-2H3,(H,17,19). The van der Waals surface area contributed by atoms with Crippen molar-refractivity contribution in [1.82, 2.24) is 5.32 Å². The van der Waals surface area contributed by atoms with Crippen LogP contribution in [0.5, 0.6) is 0 Å². The van der Waals surface area contributed by atoms with E-state index in [2.05, 4.69) is 5.32 Å². The molecule has 2 aromatic rings. The van der Waals surface area contributed by atoms with Crippen LogP contribution in [0, 0.1) is 6.92 Å². The lowest BCUT2D eigenvalue weighted by Gasteiger charge is -2.16. The van der Waals surface area contributed by atoms with Gasteiger partial charge in [0.05, 0.1) is 30.2 Å². The summed E-state index contributed by atoms with van der Waals surface area (Å²) >= 11 is 6.50. The maximum Gasteiger partial charge on any atom is 0.252 e. The predicted octanol–water partition coefficient (Wildman–Crippen LogP) is 2.84. The highest BCUT2D eigenvalue weighted by Gasteiger charge is 2.19. The molecule has 1 aromatic heterocycles. The third kappa shape index (κ3) is 3.71. The third-order valence-corrected chi connectivity index (χ3v) is 4.80. The van der Waals surface area contributed by atoms with Crippen LogP contribution in [-0.2, 0) is 4.74 Å². The molecule has 0 aliphatic carbocycles. The number of carbonyl (C=O) groups is 1. The summed E-state index contributed by atoms with van der Waals surface area (Å²) in [7, 11) is 1.51. The molecule has 4 nitrogen and oxygen atoms in total. The van der Waals surface area contributed by atoms with Crippen molar-refractivity contribution in [2.45, 2.75) is 13.0 Å². The lowest BCUT2D eigenvalue weighted by atomic mass is 10.1. The number of methoxy groups -OCH3 is 1. The fourth-order valence-corrected chi connectivity index (χ4v) is 3.18. The molecule has 0 saturated carbocycles. The van der Waals surface area contributed by atoms with Gasteiger partial charge in [0, 0.05) is 4.88 Å². The van der Waals surface area contributed by atoms with Crippen molar-refractivity contribution in [2.24, 2.45) is 0 Å². The van der Waals surface area contributed by atoms with E-state index in [-0.39, 0.29) is 12.5 Å². The molecule has 116 valence electrons. The largest absolute Gasteiger partial charge is 0.486 e. The maximum atomic E-state index is 12.4. The molecule has 2 rings (SSSR count). The summed E-state index contributed by atoms with van der Waals surface area (Å²) < 4.78 is 5.03. The second-order valence-electron chi connectivity index (χ2n) is 4.69. The molecule has 0 aliphatic heterocycles. The van der Waals surface area contributed by atoms with Gasteiger partial charge < -0.3 is 15.2 Å². The van der Waals surface area contributed by atoms with Gasteiger partial charge in [0.2, 0.25) is 5.05 Å². The SMILES string of the molecule is COC(=S)c1cc(C(=O)NC(CO)c2ccccc2)c(C)s1. The molecule has 1 aromatic carbocycles. The molecule has 0 spiro atoms. The number of benzene rings is 1. The number of aliphatic hydroxyl groups excluding tert-OH is 1. The van der Waals surface area contributed by atoms with Crippen molar-refractivity contribution in [3.8, 4) is 0 Å². The molecule has 0 aliphatic rings. The van der Waals surface area contributed by atoms with E-state index >= 15 is 0 Å². The topological polar surface area (TPSA) is 58.6 Å². The van der Waals surface area contributed by atoms with Crippen molar-refractivity contribution in [1.29, 1.82) is 0 Å². The zero-order valence-corrected chi connectivity index (χ0v) is 14.0. The van der Waals surface area contributed by atoms with Gasteiger partial charge in [-0.1, -0.05) is 30.3 Å². The monoisotopic (exact) mass is 335 g/mol. The van der Waals surface area contributed by atoms with Crippen LogP contribution in [0.4, 0.5) is 0 Å². The van der Waals surface area contributed by atoms with Gasteiger partial charge in [0.25, 0.3) is 5.91 Å². The molecular formula is C16H17NO3S2. The Morgan fingerprint density at radius 3 is 2.68 bits per heavy atom. The number of thiophene rings is 1. The average molecular weight is 335 g/mol. The number of nitrogens with one attached hydrogen (secondary N) is 1. The average Bonchev–Trinajstić information content (AvgIpc) is 2.94. The van der Waals surface area contributed by atoms with E-state index in [0.29, 0.717) is 10.6 Å². The van der Waals surface area contributed by atoms with Crippen molar-refractivity contribution in [3.05, 3.63) is 57.3 Å². The Bertz CT molecular complexity index is 667. The van der Waals surface area contributed by atoms with Gasteiger partial charge in [0.15, 0.2) is 0 Å². The molecule has 22 heavy (non-hydrogen) atoms. The van der Waals surface area contributed by atoms with Gasteiger partial charge in [-0.05, 0) is 30.8 Å². The molecule has 2 N–H and O–H groups in total. The summed E-state index contributed by atoms with van der Waals surface area (Å²) in [5.41, 5.74) is 1.41. The summed E-state index contributed by atoms with van der Waals surface area (Å²) in [6.45, 7) is 1.69.